The molecule has 1 amide bonds. The minimum absolute atomic E-state index is 0.0185. The first-order chi connectivity index (χ1) is 16.0. The van der Waals surface area contributed by atoms with Crippen LogP contribution in [0.1, 0.15) is 22.3 Å². The third kappa shape index (κ3) is 3.52. The lowest BCUT2D eigenvalue weighted by atomic mass is 9.98. The molecule has 2 aromatic carbocycles. The number of anilines is 1. The van der Waals surface area contributed by atoms with Gasteiger partial charge >= 0.3 is 0 Å². The third-order valence-electron chi connectivity index (χ3n) is 5.45. The standard InChI is InChI=1S/C25H17ClN2O5/c1-32-17-6-4-5-16(13-17)28-22(18-7-2-3-10-27-18)21(24(30)25(28)31)23(29)20-12-14-11-15(26)8-9-19(14)33-20/h2-13,22,30H,1H3. The number of fused-ring (bicyclic) bond motifs is 1. The molecule has 0 radical (unpaired) electrons. The Morgan fingerprint density at radius 2 is 1.97 bits per heavy atom. The number of carbonyl (C=O) groups excluding carboxylic acids is 2. The summed E-state index contributed by atoms with van der Waals surface area (Å²) in [6.45, 7) is 0. The molecule has 33 heavy (non-hydrogen) atoms. The normalized spacial score (nSPS) is 16.0. The molecule has 164 valence electrons. The molecule has 0 saturated carbocycles. The van der Waals surface area contributed by atoms with E-state index in [1.54, 1.807) is 66.9 Å². The summed E-state index contributed by atoms with van der Waals surface area (Å²) in [7, 11) is 1.51. The fourth-order valence-corrected chi connectivity index (χ4v) is 4.12. The summed E-state index contributed by atoms with van der Waals surface area (Å²) in [5.41, 5.74) is 1.21. The molecule has 1 aliphatic heterocycles. The molecule has 0 aliphatic carbocycles. The monoisotopic (exact) mass is 460 g/mol. The predicted molar refractivity (Wildman–Crippen MR) is 123 cm³/mol. The maximum Gasteiger partial charge on any atom is 0.294 e. The smallest absolute Gasteiger partial charge is 0.294 e. The van der Waals surface area contributed by atoms with E-state index in [0.717, 1.165) is 0 Å². The van der Waals surface area contributed by atoms with Gasteiger partial charge in [0.25, 0.3) is 5.91 Å². The summed E-state index contributed by atoms with van der Waals surface area (Å²) in [5.74, 6) is -1.49. The topological polar surface area (TPSA) is 92.9 Å². The van der Waals surface area contributed by atoms with Crippen LogP contribution in [0.4, 0.5) is 5.69 Å². The molecule has 4 aromatic rings. The van der Waals surface area contributed by atoms with Crippen LogP contribution in [-0.4, -0.2) is 28.9 Å². The van der Waals surface area contributed by atoms with Gasteiger partial charge < -0.3 is 14.3 Å². The highest BCUT2D eigenvalue weighted by Crippen LogP contribution is 2.42. The molecular formula is C25H17ClN2O5. The average molecular weight is 461 g/mol. The van der Waals surface area contributed by atoms with Gasteiger partial charge in [-0.1, -0.05) is 23.7 Å². The van der Waals surface area contributed by atoms with Gasteiger partial charge in [-0.15, -0.1) is 0 Å². The zero-order valence-electron chi connectivity index (χ0n) is 17.4. The largest absolute Gasteiger partial charge is 0.503 e. The number of benzene rings is 2. The number of aliphatic hydroxyl groups is 1. The van der Waals surface area contributed by atoms with E-state index in [1.165, 1.54) is 18.1 Å². The molecular weight excluding hydrogens is 444 g/mol. The Hall–Kier alpha value is -4.10. The minimum Gasteiger partial charge on any atom is -0.503 e. The number of aliphatic hydroxyl groups excluding tert-OH is 1. The Balaban J connectivity index is 1.65. The molecule has 1 unspecified atom stereocenters. The van der Waals surface area contributed by atoms with Gasteiger partial charge in [-0.05, 0) is 48.5 Å². The zero-order valence-corrected chi connectivity index (χ0v) is 18.1. The second-order valence-electron chi connectivity index (χ2n) is 7.42. The van der Waals surface area contributed by atoms with Crippen molar-refractivity contribution < 1.29 is 23.8 Å². The molecule has 0 saturated heterocycles. The Morgan fingerprint density at radius 1 is 1.12 bits per heavy atom. The lowest BCUT2D eigenvalue weighted by molar-refractivity contribution is -0.117. The Labute approximate surface area is 193 Å². The van der Waals surface area contributed by atoms with Crippen LogP contribution in [0.3, 0.4) is 0 Å². The van der Waals surface area contributed by atoms with Gasteiger partial charge in [-0.25, -0.2) is 0 Å². The number of carbonyl (C=O) groups is 2. The van der Waals surface area contributed by atoms with E-state index in [0.29, 0.717) is 33.1 Å². The molecule has 5 rings (SSSR count). The first-order valence-corrected chi connectivity index (χ1v) is 10.4. The van der Waals surface area contributed by atoms with Crippen LogP contribution >= 0.6 is 11.6 Å². The molecule has 1 atom stereocenters. The van der Waals surface area contributed by atoms with Crippen molar-refractivity contribution >= 4 is 39.9 Å². The number of furan rings is 1. The van der Waals surface area contributed by atoms with Gasteiger partial charge in [-0.3, -0.25) is 19.5 Å². The van der Waals surface area contributed by atoms with Gasteiger partial charge in [0, 0.05) is 28.4 Å². The Bertz CT molecular complexity index is 1430. The van der Waals surface area contributed by atoms with Crippen LogP contribution in [0.2, 0.25) is 5.02 Å². The number of halogens is 1. The second-order valence-corrected chi connectivity index (χ2v) is 7.85. The SMILES string of the molecule is COc1cccc(N2C(=O)C(O)=C(C(=O)c3cc4cc(Cl)ccc4o3)C2c2ccccn2)c1. The van der Waals surface area contributed by atoms with Crippen molar-refractivity contribution in [3.05, 3.63) is 101 Å². The molecule has 0 bridgehead atoms. The zero-order chi connectivity index (χ0) is 23.1. The highest BCUT2D eigenvalue weighted by molar-refractivity contribution is 6.31. The molecule has 8 heteroatoms. The fraction of sp³-hybridized carbons (Fsp3) is 0.0800. The number of amides is 1. The van der Waals surface area contributed by atoms with Crippen molar-refractivity contribution in [2.24, 2.45) is 0 Å². The summed E-state index contributed by atoms with van der Waals surface area (Å²) >= 11 is 6.05. The van der Waals surface area contributed by atoms with Crippen molar-refractivity contribution in [3.63, 3.8) is 0 Å². The quantitative estimate of drug-likeness (QED) is 0.408. The molecule has 1 aliphatic rings. The number of hydrogen-bond acceptors (Lipinski definition) is 6. The summed E-state index contributed by atoms with van der Waals surface area (Å²) in [6, 6.07) is 17.5. The maximum absolute atomic E-state index is 13.6. The minimum atomic E-state index is -0.963. The first-order valence-electron chi connectivity index (χ1n) is 10.0. The van der Waals surface area contributed by atoms with Crippen LogP contribution in [0, 0.1) is 0 Å². The molecule has 1 N–H and O–H groups in total. The second kappa shape index (κ2) is 8.11. The molecule has 3 heterocycles. The molecule has 2 aromatic heterocycles. The number of aromatic nitrogens is 1. The van der Waals surface area contributed by atoms with Crippen LogP contribution in [0.5, 0.6) is 5.75 Å². The van der Waals surface area contributed by atoms with E-state index in [-0.39, 0.29) is 11.3 Å². The van der Waals surface area contributed by atoms with Gasteiger partial charge in [0.1, 0.15) is 17.4 Å². The van der Waals surface area contributed by atoms with E-state index >= 15 is 0 Å². The number of Topliss-reactive ketones (excluding diaryl/α,β-unsaturated/α-hetero) is 1. The lowest BCUT2D eigenvalue weighted by Crippen LogP contribution is -2.31. The number of rotatable bonds is 5. The summed E-state index contributed by atoms with van der Waals surface area (Å²) in [6.07, 6.45) is 1.56. The molecule has 0 spiro atoms. The number of hydrogen-bond donors (Lipinski definition) is 1. The summed E-state index contributed by atoms with van der Waals surface area (Å²) < 4.78 is 11.0. The fourth-order valence-electron chi connectivity index (χ4n) is 3.94. The van der Waals surface area contributed by atoms with E-state index in [1.807, 2.05) is 0 Å². The van der Waals surface area contributed by atoms with Gasteiger partial charge in [0.05, 0.1) is 18.4 Å². The molecule has 7 nitrogen and oxygen atoms in total. The highest BCUT2D eigenvalue weighted by atomic mass is 35.5. The average Bonchev–Trinajstić information content (AvgIpc) is 3.37. The van der Waals surface area contributed by atoms with Crippen molar-refractivity contribution in [1.29, 1.82) is 0 Å². The summed E-state index contributed by atoms with van der Waals surface area (Å²) in [4.78, 5) is 32.5. The van der Waals surface area contributed by atoms with Gasteiger partial charge in [0.2, 0.25) is 5.78 Å². The van der Waals surface area contributed by atoms with Crippen LogP contribution in [-0.2, 0) is 4.79 Å². The van der Waals surface area contributed by atoms with Crippen LogP contribution < -0.4 is 9.64 Å². The van der Waals surface area contributed by atoms with Crippen molar-refractivity contribution in [2.75, 3.05) is 12.0 Å². The number of methoxy groups -OCH3 is 1. The first kappa shape index (κ1) is 20.8. The van der Waals surface area contributed by atoms with Crippen molar-refractivity contribution in [3.8, 4) is 5.75 Å². The Kier molecular flexibility index (Phi) is 5.11. The number of ether oxygens (including phenoxy) is 1. The number of pyridine rings is 1. The Morgan fingerprint density at radius 3 is 2.73 bits per heavy atom. The third-order valence-corrected chi connectivity index (χ3v) is 5.69. The van der Waals surface area contributed by atoms with Gasteiger partial charge in [-0.2, -0.15) is 0 Å². The summed E-state index contributed by atoms with van der Waals surface area (Å²) in [5, 5.41) is 12.0. The van der Waals surface area contributed by atoms with Crippen LogP contribution in [0.25, 0.3) is 11.0 Å². The number of ketones is 1. The van der Waals surface area contributed by atoms with E-state index in [2.05, 4.69) is 4.98 Å². The van der Waals surface area contributed by atoms with E-state index in [4.69, 9.17) is 20.8 Å². The van der Waals surface area contributed by atoms with Crippen molar-refractivity contribution in [2.45, 2.75) is 6.04 Å². The maximum atomic E-state index is 13.6. The number of nitrogens with zero attached hydrogens (tertiary/aromatic N) is 2. The van der Waals surface area contributed by atoms with Gasteiger partial charge in [0.15, 0.2) is 11.5 Å². The lowest BCUT2D eigenvalue weighted by Gasteiger charge is -2.26. The van der Waals surface area contributed by atoms with E-state index in [9.17, 15) is 14.7 Å². The highest BCUT2D eigenvalue weighted by Gasteiger charge is 2.46. The van der Waals surface area contributed by atoms with Crippen LogP contribution in [0.15, 0.2) is 88.7 Å². The molecule has 0 fully saturated rings. The van der Waals surface area contributed by atoms with Crippen molar-refractivity contribution in [1.82, 2.24) is 4.98 Å². The predicted octanol–water partition coefficient (Wildman–Crippen LogP) is 5.27. The van der Waals surface area contributed by atoms with E-state index < -0.39 is 23.5 Å².